The molecule has 5 rings (SSSR count). The van der Waals surface area contributed by atoms with Crippen LogP contribution in [0.15, 0.2) is 35.3 Å². The van der Waals surface area contributed by atoms with Crippen molar-refractivity contribution in [1.29, 1.82) is 0 Å². The molecule has 2 saturated carbocycles. The van der Waals surface area contributed by atoms with Crippen LogP contribution >= 0.6 is 9.24 Å². The first-order valence-corrected chi connectivity index (χ1v) is 13.6. The monoisotopic (exact) mass is 534 g/mol. The number of carbonyl (C=O) groups is 1. The fraction of sp³-hybridized carbons (Fsp3) is 0.556. The highest BCUT2D eigenvalue weighted by Gasteiger charge is 2.55. The first kappa shape index (κ1) is 26.2. The van der Waals surface area contributed by atoms with Gasteiger partial charge in [-0.25, -0.2) is 13.2 Å². The molecule has 10 heteroatoms. The Morgan fingerprint density at radius 1 is 1.16 bits per heavy atom. The number of halogens is 3. The van der Waals surface area contributed by atoms with Crippen LogP contribution in [-0.2, 0) is 5.54 Å². The predicted molar refractivity (Wildman–Crippen MR) is 141 cm³/mol. The minimum Gasteiger partial charge on any atom is -0.381 e. The standard InChI is InChI=1S/C27H34F3N4O2P/c1-14(16-6-4-7-17(23(16)29)25(30)37)31-26(36)20-13-34(27(15(2)28)8-5-9-27)22(35)10-21(20)32-24-18-11-33(3)12-19(18)24/h4,6-7,10,13-15,18-19,24-25,32H,5,8-9,11-12,37H2,1-3H3,(H,31,36)/t14-,15?,18?,19?,24?,25?/m1/s1. The van der Waals surface area contributed by atoms with Gasteiger partial charge in [0.1, 0.15) is 17.9 Å². The quantitative estimate of drug-likeness (QED) is 0.489. The lowest BCUT2D eigenvalue weighted by atomic mass is 9.73. The minimum absolute atomic E-state index is 0.103. The van der Waals surface area contributed by atoms with Gasteiger partial charge in [0.25, 0.3) is 11.5 Å². The number of fused-ring (bicyclic) bond motifs is 1. The van der Waals surface area contributed by atoms with Gasteiger partial charge in [0, 0.05) is 42.5 Å². The van der Waals surface area contributed by atoms with Crippen LogP contribution in [0.5, 0.6) is 0 Å². The largest absolute Gasteiger partial charge is 0.381 e. The summed E-state index contributed by atoms with van der Waals surface area (Å²) in [7, 11) is 3.99. The van der Waals surface area contributed by atoms with Crippen molar-refractivity contribution in [2.75, 3.05) is 25.5 Å². The summed E-state index contributed by atoms with van der Waals surface area (Å²) in [6.07, 6.45) is 2.04. The molecule has 6 nitrogen and oxygen atoms in total. The zero-order chi connectivity index (χ0) is 26.6. The summed E-state index contributed by atoms with van der Waals surface area (Å²) >= 11 is 0. The van der Waals surface area contributed by atoms with E-state index in [1.807, 2.05) is 9.24 Å². The molecule has 0 spiro atoms. The maximum absolute atomic E-state index is 15.0. The number of aromatic nitrogens is 1. The summed E-state index contributed by atoms with van der Waals surface area (Å²) in [5.74, 6) is -1.90. The fourth-order valence-electron chi connectivity index (χ4n) is 6.15. The Kier molecular flexibility index (Phi) is 6.90. The third-order valence-electron chi connectivity index (χ3n) is 8.61. The van der Waals surface area contributed by atoms with E-state index in [-0.39, 0.29) is 28.3 Å². The Bertz CT molecular complexity index is 1250. The van der Waals surface area contributed by atoms with Crippen molar-refractivity contribution < 1.29 is 18.0 Å². The lowest BCUT2D eigenvalue weighted by Gasteiger charge is -2.45. The average molecular weight is 535 g/mol. The summed E-state index contributed by atoms with van der Waals surface area (Å²) in [5, 5.41) is 6.21. The van der Waals surface area contributed by atoms with Crippen molar-refractivity contribution in [3.8, 4) is 0 Å². The van der Waals surface area contributed by atoms with Crippen molar-refractivity contribution >= 4 is 20.8 Å². The van der Waals surface area contributed by atoms with Gasteiger partial charge in [-0.15, -0.1) is 0 Å². The molecule has 6 atom stereocenters. The number of likely N-dealkylation sites (tertiary alicyclic amines) is 1. The van der Waals surface area contributed by atoms with Crippen LogP contribution in [0, 0.1) is 17.7 Å². The highest BCUT2D eigenvalue weighted by molar-refractivity contribution is 7.16. The van der Waals surface area contributed by atoms with Crippen LogP contribution in [0.3, 0.4) is 0 Å². The molecule has 3 aliphatic rings. The number of hydrogen-bond donors (Lipinski definition) is 2. The molecule has 2 heterocycles. The first-order chi connectivity index (χ1) is 17.5. The highest BCUT2D eigenvalue weighted by atomic mass is 31.0. The molecular weight excluding hydrogens is 500 g/mol. The van der Waals surface area contributed by atoms with Gasteiger partial charge < -0.3 is 20.1 Å². The third-order valence-corrected chi connectivity index (χ3v) is 8.97. The second kappa shape index (κ2) is 9.73. The molecule has 1 aliphatic heterocycles. The SMILES string of the molecule is CC(F)C1(n2cc(C(=O)N[C@H](C)c3cccc(C(F)P)c3F)c(NC3C4CN(C)CC43)cc2=O)CCC1. The molecule has 0 radical (unpaired) electrons. The number of alkyl halides is 2. The second-order valence-electron chi connectivity index (χ2n) is 10.9. The number of rotatable bonds is 8. The fourth-order valence-corrected chi connectivity index (χ4v) is 6.41. The zero-order valence-corrected chi connectivity index (χ0v) is 22.5. The number of anilines is 1. The number of nitrogens with one attached hydrogen (secondary N) is 2. The Balaban J connectivity index is 1.47. The summed E-state index contributed by atoms with van der Waals surface area (Å²) < 4.78 is 44.9. The van der Waals surface area contributed by atoms with Crippen molar-refractivity contribution in [2.45, 2.75) is 62.8 Å². The molecule has 5 unspecified atom stereocenters. The van der Waals surface area contributed by atoms with Crippen molar-refractivity contribution in [1.82, 2.24) is 14.8 Å². The van der Waals surface area contributed by atoms with Gasteiger partial charge in [0.05, 0.1) is 22.8 Å². The van der Waals surface area contributed by atoms with E-state index in [1.165, 1.54) is 35.9 Å². The number of piperidine rings is 1. The third kappa shape index (κ3) is 4.59. The number of pyridine rings is 1. The molecule has 1 saturated heterocycles. The molecule has 2 aromatic rings. The number of benzene rings is 1. The Hall–Kier alpha value is -2.38. The maximum atomic E-state index is 15.0. The molecular formula is C27H34F3N4O2P. The van der Waals surface area contributed by atoms with Gasteiger partial charge in [-0.05, 0) is 52.0 Å². The van der Waals surface area contributed by atoms with E-state index in [4.69, 9.17) is 0 Å². The number of nitrogens with zero attached hydrogens (tertiary/aromatic N) is 2. The Morgan fingerprint density at radius 3 is 2.38 bits per heavy atom. The topological polar surface area (TPSA) is 66.4 Å². The van der Waals surface area contributed by atoms with Crippen LogP contribution in [0.25, 0.3) is 0 Å². The second-order valence-corrected chi connectivity index (χ2v) is 11.5. The molecule has 200 valence electrons. The smallest absolute Gasteiger partial charge is 0.255 e. The molecule has 0 bridgehead atoms. The van der Waals surface area contributed by atoms with E-state index >= 15 is 0 Å². The van der Waals surface area contributed by atoms with Crippen LogP contribution in [-0.4, -0.2) is 47.7 Å². The summed E-state index contributed by atoms with van der Waals surface area (Å²) in [5.41, 5.74) is -0.656. The van der Waals surface area contributed by atoms with E-state index in [0.29, 0.717) is 30.4 Å². The van der Waals surface area contributed by atoms with Gasteiger partial charge in [-0.1, -0.05) is 27.4 Å². The molecule has 2 N–H and O–H groups in total. The van der Waals surface area contributed by atoms with Crippen molar-refractivity contribution in [3.63, 3.8) is 0 Å². The molecule has 1 amide bonds. The average Bonchev–Trinajstić information content (AvgIpc) is 3.24. The summed E-state index contributed by atoms with van der Waals surface area (Å²) in [4.78, 5) is 29.0. The van der Waals surface area contributed by atoms with E-state index in [9.17, 15) is 22.8 Å². The lowest BCUT2D eigenvalue weighted by Crippen LogP contribution is -2.52. The number of hydrogen-bond acceptors (Lipinski definition) is 4. The van der Waals surface area contributed by atoms with Gasteiger partial charge in [-0.3, -0.25) is 9.59 Å². The molecule has 1 aromatic carbocycles. The van der Waals surface area contributed by atoms with E-state index < -0.39 is 35.4 Å². The molecule has 2 aliphatic carbocycles. The van der Waals surface area contributed by atoms with Gasteiger partial charge in [-0.2, -0.15) is 0 Å². The summed E-state index contributed by atoms with van der Waals surface area (Å²) in [6.45, 7) is 4.96. The first-order valence-electron chi connectivity index (χ1n) is 12.9. The Labute approximate surface area is 217 Å². The highest BCUT2D eigenvalue weighted by Crippen LogP contribution is 2.47. The molecule has 37 heavy (non-hydrogen) atoms. The van der Waals surface area contributed by atoms with E-state index in [1.54, 1.807) is 13.0 Å². The number of carbonyl (C=O) groups excluding carboxylic acids is 1. The van der Waals surface area contributed by atoms with Gasteiger partial charge >= 0.3 is 0 Å². The van der Waals surface area contributed by atoms with Crippen LogP contribution < -0.4 is 16.2 Å². The van der Waals surface area contributed by atoms with Crippen molar-refractivity contribution in [3.05, 3.63) is 63.3 Å². The zero-order valence-electron chi connectivity index (χ0n) is 21.3. The number of amides is 1. The predicted octanol–water partition coefficient (Wildman–Crippen LogP) is 4.53. The van der Waals surface area contributed by atoms with Gasteiger partial charge in [0.2, 0.25) is 0 Å². The van der Waals surface area contributed by atoms with Gasteiger partial charge in [0.15, 0.2) is 0 Å². The molecule has 1 aromatic heterocycles. The van der Waals surface area contributed by atoms with Crippen LogP contribution in [0.1, 0.15) is 66.5 Å². The summed E-state index contributed by atoms with van der Waals surface area (Å²) in [6, 6.07) is 5.20. The Morgan fingerprint density at radius 2 is 1.81 bits per heavy atom. The van der Waals surface area contributed by atoms with Crippen LogP contribution in [0.2, 0.25) is 0 Å². The lowest BCUT2D eigenvalue weighted by molar-refractivity contribution is 0.0395. The molecule has 3 fully saturated rings. The van der Waals surface area contributed by atoms with E-state index in [2.05, 4.69) is 22.6 Å². The van der Waals surface area contributed by atoms with E-state index in [0.717, 1.165) is 19.5 Å². The normalized spacial score (nSPS) is 26.5. The minimum atomic E-state index is -1.57. The van der Waals surface area contributed by atoms with Crippen LogP contribution in [0.4, 0.5) is 18.9 Å². The maximum Gasteiger partial charge on any atom is 0.255 e. The van der Waals surface area contributed by atoms with Crippen molar-refractivity contribution in [2.24, 2.45) is 11.8 Å².